The number of ether oxygens (including phenoxy) is 1. The van der Waals surface area contributed by atoms with Crippen molar-refractivity contribution in [1.82, 2.24) is 34.9 Å². The van der Waals surface area contributed by atoms with Crippen LogP contribution >= 0.6 is 0 Å². The van der Waals surface area contributed by atoms with Gasteiger partial charge in [-0.2, -0.15) is 5.10 Å². The molecule has 1 aliphatic heterocycles. The van der Waals surface area contributed by atoms with Gasteiger partial charge in [-0.15, -0.1) is 5.10 Å². The number of aromatic nitrogens is 6. The Morgan fingerprint density at radius 2 is 2.17 bits per heavy atom. The van der Waals surface area contributed by atoms with E-state index in [1.807, 2.05) is 16.3 Å². The van der Waals surface area contributed by atoms with E-state index in [-0.39, 0.29) is 6.10 Å². The second-order valence-corrected chi connectivity index (χ2v) is 6.51. The minimum absolute atomic E-state index is 0.150. The number of hydrogen-bond donors (Lipinski definition) is 0. The van der Waals surface area contributed by atoms with Crippen molar-refractivity contribution in [2.75, 3.05) is 19.7 Å². The van der Waals surface area contributed by atoms with Crippen molar-refractivity contribution in [1.29, 1.82) is 0 Å². The van der Waals surface area contributed by atoms with E-state index < -0.39 is 0 Å². The topological polar surface area (TPSA) is 73.9 Å². The number of unbranched alkanes of at least 4 members (excludes halogenated alkanes) is 1. The molecule has 0 aromatic carbocycles. The summed E-state index contributed by atoms with van der Waals surface area (Å²) in [6.07, 6.45) is 2.39. The molecule has 24 heavy (non-hydrogen) atoms. The fourth-order valence-corrected chi connectivity index (χ4v) is 3.11. The van der Waals surface area contributed by atoms with Crippen LogP contribution in [0, 0.1) is 13.8 Å². The molecule has 0 bridgehead atoms. The molecular formula is C16H27N7O. The van der Waals surface area contributed by atoms with E-state index >= 15 is 0 Å². The lowest BCUT2D eigenvalue weighted by atomic mass is 10.2. The first-order valence-corrected chi connectivity index (χ1v) is 8.75. The van der Waals surface area contributed by atoms with Gasteiger partial charge in [0, 0.05) is 25.3 Å². The first-order chi connectivity index (χ1) is 11.7. The molecule has 1 saturated heterocycles. The van der Waals surface area contributed by atoms with Gasteiger partial charge in [-0.3, -0.25) is 9.58 Å². The van der Waals surface area contributed by atoms with E-state index in [2.05, 4.69) is 45.4 Å². The van der Waals surface area contributed by atoms with Gasteiger partial charge in [0.25, 0.3) is 0 Å². The van der Waals surface area contributed by atoms with Crippen LogP contribution < -0.4 is 0 Å². The van der Waals surface area contributed by atoms with Crippen molar-refractivity contribution in [2.45, 2.75) is 59.4 Å². The number of morpholine rings is 1. The molecule has 0 aliphatic carbocycles. The Balaban J connectivity index is 1.57. The highest BCUT2D eigenvalue weighted by Gasteiger charge is 2.23. The minimum Gasteiger partial charge on any atom is -0.374 e. The van der Waals surface area contributed by atoms with Crippen molar-refractivity contribution >= 4 is 0 Å². The minimum atomic E-state index is 0.150. The molecule has 0 N–H and O–H groups in total. The molecular weight excluding hydrogens is 306 g/mol. The maximum atomic E-state index is 5.93. The lowest BCUT2D eigenvalue weighted by molar-refractivity contribution is -0.0415. The van der Waals surface area contributed by atoms with Gasteiger partial charge in [0.1, 0.15) is 0 Å². The van der Waals surface area contributed by atoms with Gasteiger partial charge < -0.3 is 4.74 Å². The number of hydrogen-bond acceptors (Lipinski definition) is 6. The molecule has 0 spiro atoms. The standard InChI is InChI=1S/C16H27N7O/c1-4-5-6-22-16(17-19-20-22)12-21-7-8-24-15(10-21)11-23-14(3)9-13(2)18-23/h9,15H,4-8,10-12H2,1-3H3/t15-/m1/s1. The summed E-state index contributed by atoms with van der Waals surface area (Å²) in [5.74, 6) is 0.940. The lowest BCUT2D eigenvalue weighted by Gasteiger charge is -2.32. The van der Waals surface area contributed by atoms with E-state index in [0.29, 0.717) is 0 Å². The first-order valence-electron chi connectivity index (χ1n) is 8.75. The fourth-order valence-electron chi connectivity index (χ4n) is 3.11. The zero-order valence-corrected chi connectivity index (χ0v) is 14.9. The summed E-state index contributed by atoms with van der Waals surface area (Å²) < 4.78 is 9.89. The molecule has 0 amide bonds. The Labute approximate surface area is 142 Å². The molecule has 3 heterocycles. The van der Waals surface area contributed by atoms with Crippen molar-refractivity contribution in [3.8, 4) is 0 Å². The summed E-state index contributed by atoms with van der Waals surface area (Å²) in [5, 5.41) is 16.7. The van der Waals surface area contributed by atoms with Gasteiger partial charge in [-0.05, 0) is 36.8 Å². The van der Waals surface area contributed by atoms with Crippen molar-refractivity contribution in [3.63, 3.8) is 0 Å². The van der Waals surface area contributed by atoms with E-state index in [1.165, 1.54) is 5.69 Å². The zero-order chi connectivity index (χ0) is 16.9. The average molecular weight is 333 g/mol. The van der Waals surface area contributed by atoms with Crippen molar-refractivity contribution < 1.29 is 4.74 Å². The Morgan fingerprint density at radius 3 is 2.92 bits per heavy atom. The quantitative estimate of drug-likeness (QED) is 0.758. The number of tetrazole rings is 1. The summed E-state index contributed by atoms with van der Waals surface area (Å²) in [4.78, 5) is 2.37. The lowest BCUT2D eigenvalue weighted by Crippen LogP contribution is -2.44. The van der Waals surface area contributed by atoms with Crippen LogP contribution in [0.1, 0.15) is 37.0 Å². The number of nitrogens with zero attached hydrogens (tertiary/aromatic N) is 7. The second-order valence-electron chi connectivity index (χ2n) is 6.51. The Hall–Kier alpha value is -1.80. The van der Waals surface area contributed by atoms with Gasteiger partial charge >= 0.3 is 0 Å². The van der Waals surface area contributed by atoms with Crippen molar-refractivity contribution in [3.05, 3.63) is 23.3 Å². The molecule has 8 nitrogen and oxygen atoms in total. The molecule has 1 atom stereocenters. The third kappa shape index (κ3) is 4.18. The van der Waals surface area contributed by atoms with Crippen LogP contribution in [-0.4, -0.2) is 60.7 Å². The van der Waals surface area contributed by atoms with E-state index in [4.69, 9.17) is 4.74 Å². The summed E-state index contributed by atoms with van der Waals surface area (Å²) in [5.41, 5.74) is 2.23. The first kappa shape index (κ1) is 17.0. The largest absolute Gasteiger partial charge is 0.374 e. The summed E-state index contributed by atoms with van der Waals surface area (Å²) >= 11 is 0. The molecule has 0 saturated carbocycles. The fraction of sp³-hybridized carbons (Fsp3) is 0.750. The Morgan fingerprint density at radius 1 is 1.29 bits per heavy atom. The molecule has 0 radical (unpaired) electrons. The average Bonchev–Trinajstić information content (AvgIpc) is 3.12. The van der Waals surface area contributed by atoms with E-state index in [9.17, 15) is 0 Å². The maximum Gasteiger partial charge on any atom is 0.165 e. The number of rotatable bonds is 7. The molecule has 1 aliphatic rings. The molecule has 8 heteroatoms. The van der Waals surface area contributed by atoms with Crippen LogP contribution in [0.25, 0.3) is 0 Å². The van der Waals surface area contributed by atoms with Crippen LogP contribution in [-0.2, 0) is 24.4 Å². The predicted octanol–water partition coefficient (Wildman–Crippen LogP) is 1.19. The van der Waals surface area contributed by atoms with Crippen LogP contribution in [0.15, 0.2) is 6.07 Å². The van der Waals surface area contributed by atoms with Gasteiger partial charge in [-0.25, -0.2) is 4.68 Å². The molecule has 2 aromatic heterocycles. The van der Waals surface area contributed by atoms with E-state index in [1.54, 1.807) is 0 Å². The highest BCUT2D eigenvalue weighted by molar-refractivity contribution is 5.06. The molecule has 132 valence electrons. The molecule has 1 fully saturated rings. The van der Waals surface area contributed by atoms with Gasteiger partial charge in [-0.1, -0.05) is 13.3 Å². The summed E-state index contributed by atoms with van der Waals surface area (Å²) in [6.45, 7) is 11.3. The van der Waals surface area contributed by atoms with Crippen LogP contribution in [0.3, 0.4) is 0 Å². The Kier molecular flexibility index (Phi) is 5.57. The predicted molar refractivity (Wildman–Crippen MR) is 89.4 cm³/mol. The second kappa shape index (κ2) is 7.85. The third-order valence-electron chi connectivity index (χ3n) is 4.40. The molecule has 2 aromatic rings. The SMILES string of the molecule is CCCCn1nnnc1CN1CCO[C@@H](Cn2nc(C)cc2C)C1. The van der Waals surface area contributed by atoms with Gasteiger partial charge in [0.15, 0.2) is 5.82 Å². The van der Waals surface area contributed by atoms with Crippen LogP contribution in [0.2, 0.25) is 0 Å². The van der Waals surface area contributed by atoms with Crippen LogP contribution in [0.5, 0.6) is 0 Å². The van der Waals surface area contributed by atoms with Crippen LogP contribution in [0.4, 0.5) is 0 Å². The van der Waals surface area contributed by atoms with Gasteiger partial charge in [0.2, 0.25) is 0 Å². The van der Waals surface area contributed by atoms with Gasteiger partial charge in [0.05, 0.1) is 31.5 Å². The smallest absolute Gasteiger partial charge is 0.165 e. The third-order valence-corrected chi connectivity index (χ3v) is 4.40. The normalized spacial score (nSPS) is 19.0. The number of aryl methyl sites for hydroxylation is 3. The maximum absolute atomic E-state index is 5.93. The zero-order valence-electron chi connectivity index (χ0n) is 14.9. The highest BCUT2D eigenvalue weighted by Crippen LogP contribution is 2.12. The monoisotopic (exact) mass is 333 g/mol. The summed E-state index contributed by atoms with van der Waals surface area (Å²) in [6, 6.07) is 2.10. The Bertz CT molecular complexity index is 651. The van der Waals surface area contributed by atoms with E-state index in [0.717, 1.165) is 63.7 Å². The highest BCUT2D eigenvalue weighted by atomic mass is 16.5. The molecule has 3 rings (SSSR count). The molecule has 0 unspecified atom stereocenters. The summed E-state index contributed by atoms with van der Waals surface area (Å²) in [7, 11) is 0. The van der Waals surface area contributed by atoms with Crippen molar-refractivity contribution in [2.24, 2.45) is 0 Å².